The van der Waals surface area contributed by atoms with Crippen LogP contribution in [-0.2, 0) is 10.2 Å². The van der Waals surface area contributed by atoms with Crippen LogP contribution in [0.25, 0.3) is 0 Å². The number of benzene rings is 1. The van der Waals surface area contributed by atoms with Crippen molar-refractivity contribution in [3.63, 3.8) is 0 Å². The zero-order chi connectivity index (χ0) is 16.8. The fraction of sp³-hybridized carbons (Fsp3) is 0.333. The van der Waals surface area contributed by atoms with Crippen molar-refractivity contribution in [3.8, 4) is 5.75 Å². The zero-order valence-corrected chi connectivity index (χ0v) is 14.2. The summed E-state index contributed by atoms with van der Waals surface area (Å²) in [5.41, 5.74) is 1.29. The van der Waals surface area contributed by atoms with E-state index in [1.165, 1.54) is 5.56 Å². The molecule has 0 bridgehead atoms. The van der Waals surface area contributed by atoms with E-state index in [-0.39, 0.29) is 11.2 Å². The molecule has 3 N–H and O–H groups in total. The normalized spacial score (nSPS) is 16.3. The summed E-state index contributed by atoms with van der Waals surface area (Å²) in [5.74, 6) is 0.432. The molecule has 0 amide bonds. The average molecular weight is 343 g/mol. The van der Waals surface area contributed by atoms with Gasteiger partial charge in [-0.3, -0.25) is 0 Å². The van der Waals surface area contributed by atoms with E-state index in [1.54, 1.807) is 18.3 Å². The largest absolute Gasteiger partial charge is 0.504 e. The number of thiocarbonyl (C=S) groups is 1. The van der Waals surface area contributed by atoms with Crippen molar-refractivity contribution in [1.29, 1.82) is 0 Å². The van der Waals surface area contributed by atoms with Gasteiger partial charge < -0.3 is 20.5 Å². The minimum Gasteiger partial charge on any atom is -0.504 e. The van der Waals surface area contributed by atoms with Gasteiger partial charge in [-0.05, 0) is 42.8 Å². The number of nitrogens with zero attached hydrogens (tertiary/aromatic N) is 1. The van der Waals surface area contributed by atoms with Crippen LogP contribution in [0.1, 0.15) is 18.4 Å². The second-order valence-corrected chi connectivity index (χ2v) is 6.35. The van der Waals surface area contributed by atoms with Gasteiger partial charge in [-0.15, -0.1) is 0 Å². The lowest BCUT2D eigenvalue weighted by Crippen LogP contribution is -2.45. The van der Waals surface area contributed by atoms with Gasteiger partial charge in [0.25, 0.3) is 0 Å². The van der Waals surface area contributed by atoms with Crippen LogP contribution in [0, 0.1) is 0 Å². The van der Waals surface area contributed by atoms with Gasteiger partial charge in [0.05, 0.1) is 0 Å². The summed E-state index contributed by atoms with van der Waals surface area (Å²) in [5, 5.41) is 16.5. The Labute approximate surface area is 147 Å². The number of aromatic hydroxyl groups is 1. The minimum absolute atomic E-state index is 0.00257. The van der Waals surface area contributed by atoms with Gasteiger partial charge in [0.15, 0.2) is 16.7 Å². The number of aromatic nitrogens is 1. The van der Waals surface area contributed by atoms with Gasteiger partial charge in [-0.2, -0.15) is 0 Å². The first-order valence-corrected chi connectivity index (χ1v) is 8.43. The molecule has 2 heterocycles. The van der Waals surface area contributed by atoms with Crippen molar-refractivity contribution in [2.24, 2.45) is 0 Å². The molecule has 3 rings (SSSR count). The molecule has 1 aromatic heterocycles. The Hall–Kier alpha value is -2.18. The van der Waals surface area contributed by atoms with Crippen LogP contribution in [0.5, 0.6) is 5.75 Å². The van der Waals surface area contributed by atoms with Gasteiger partial charge in [-0.25, -0.2) is 4.98 Å². The van der Waals surface area contributed by atoms with Gasteiger partial charge in [-0.1, -0.05) is 30.3 Å². The topological polar surface area (TPSA) is 66.4 Å². The molecule has 0 radical (unpaired) electrons. The number of hydrogen-bond donors (Lipinski definition) is 3. The Bertz CT molecular complexity index is 688. The van der Waals surface area contributed by atoms with Crippen LogP contribution in [0.2, 0.25) is 0 Å². The monoisotopic (exact) mass is 343 g/mol. The summed E-state index contributed by atoms with van der Waals surface area (Å²) in [6.07, 6.45) is 3.50. The molecule has 0 saturated carbocycles. The zero-order valence-electron chi connectivity index (χ0n) is 13.4. The van der Waals surface area contributed by atoms with Crippen LogP contribution in [0.4, 0.5) is 5.82 Å². The Kier molecular flexibility index (Phi) is 5.27. The Balaban J connectivity index is 1.68. The molecular formula is C18H21N3O2S. The molecule has 1 fully saturated rings. The van der Waals surface area contributed by atoms with Crippen molar-refractivity contribution in [2.45, 2.75) is 18.3 Å². The summed E-state index contributed by atoms with van der Waals surface area (Å²) in [6, 6.07) is 13.7. The first-order valence-electron chi connectivity index (χ1n) is 8.02. The van der Waals surface area contributed by atoms with Crippen molar-refractivity contribution in [2.75, 3.05) is 25.1 Å². The van der Waals surface area contributed by atoms with Gasteiger partial charge >= 0.3 is 0 Å². The summed E-state index contributed by atoms with van der Waals surface area (Å²) in [4.78, 5) is 4.08. The Morgan fingerprint density at radius 2 is 1.92 bits per heavy atom. The summed E-state index contributed by atoms with van der Waals surface area (Å²) in [6.45, 7) is 2.20. The van der Waals surface area contributed by atoms with Gasteiger partial charge in [0, 0.05) is 31.4 Å². The highest BCUT2D eigenvalue weighted by molar-refractivity contribution is 7.80. The van der Waals surface area contributed by atoms with Crippen LogP contribution < -0.4 is 10.6 Å². The summed E-state index contributed by atoms with van der Waals surface area (Å²) in [7, 11) is 0. The van der Waals surface area contributed by atoms with Crippen molar-refractivity contribution >= 4 is 23.1 Å². The molecule has 0 atom stereocenters. The number of anilines is 1. The highest BCUT2D eigenvalue weighted by atomic mass is 32.1. The SMILES string of the molecule is Oc1cccnc1NC(=S)NCC1(c2ccccc2)CCOCC1. The molecule has 0 aliphatic carbocycles. The molecule has 0 unspecified atom stereocenters. The van der Waals surface area contributed by atoms with E-state index in [9.17, 15) is 5.11 Å². The van der Waals surface area contributed by atoms with E-state index in [1.807, 2.05) is 6.07 Å². The molecular weight excluding hydrogens is 322 g/mol. The second kappa shape index (κ2) is 7.59. The van der Waals surface area contributed by atoms with Crippen molar-refractivity contribution in [3.05, 3.63) is 54.2 Å². The molecule has 1 aliphatic rings. The second-order valence-electron chi connectivity index (χ2n) is 5.94. The van der Waals surface area contributed by atoms with E-state index in [0.29, 0.717) is 17.5 Å². The van der Waals surface area contributed by atoms with Crippen molar-refractivity contribution < 1.29 is 9.84 Å². The van der Waals surface area contributed by atoms with Gasteiger partial charge in [0.2, 0.25) is 0 Å². The number of nitrogens with one attached hydrogen (secondary N) is 2. The van der Waals surface area contributed by atoms with Crippen molar-refractivity contribution in [1.82, 2.24) is 10.3 Å². The minimum atomic E-state index is -0.00257. The third-order valence-corrected chi connectivity index (χ3v) is 4.69. The lowest BCUT2D eigenvalue weighted by Gasteiger charge is -2.38. The highest BCUT2D eigenvalue weighted by Crippen LogP contribution is 2.34. The molecule has 126 valence electrons. The number of ether oxygens (including phenoxy) is 1. The Morgan fingerprint density at radius 3 is 2.62 bits per heavy atom. The smallest absolute Gasteiger partial charge is 0.174 e. The number of hydrogen-bond acceptors (Lipinski definition) is 4. The Morgan fingerprint density at radius 1 is 1.17 bits per heavy atom. The molecule has 0 spiro atoms. The predicted molar refractivity (Wildman–Crippen MR) is 98.3 cm³/mol. The summed E-state index contributed by atoms with van der Waals surface area (Å²) < 4.78 is 5.55. The molecule has 6 heteroatoms. The third kappa shape index (κ3) is 3.83. The van der Waals surface area contributed by atoms with Gasteiger partial charge in [0.1, 0.15) is 0 Å². The molecule has 2 aromatic rings. The van der Waals surface area contributed by atoms with E-state index < -0.39 is 0 Å². The quantitative estimate of drug-likeness (QED) is 0.742. The van der Waals surface area contributed by atoms with E-state index >= 15 is 0 Å². The molecule has 24 heavy (non-hydrogen) atoms. The van der Waals surface area contributed by atoms with Crippen LogP contribution in [0.3, 0.4) is 0 Å². The predicted octanol–water partition coefficient (Wildman–Crippen LogP) is 2.82. The van der Waals surface area contributed by atoms with E-state index in [0.717, 1.165) is 26.1 Å². The average Bonchev–Trinajstić information content (AvgIpc) is 2.63. The van der Waals surface area contributed by atoms with E-state index in [2.05, 4.69) is 39.9 Å². The fourth-order valence-electron chi connectivity index (χ4n) is 3.02. The molecule has 1 aliphatic heterocycles. The standard InChI is InChI=1S/C18H21N3O2S/c22-15-7-4-10-19-16(15)21-17(24)20-13-18(8-11-23-12-9-18)14-5-2-1-3-6-14/h1-7,10,22H,8-9,11-13H2,(H2,19,20,21,24). The lowest BCUT2D eigenvalue weighted by molar-refractivity contribution is 0.0515. The number of pyridine rings is 1. The molecule has 5 nitrogen and oxygen atoms in total. The van der Waals surface area contributed by atoms with Crippen LogP contribution in [0.15, 0.2) is 48.7 Å². The molecule has 1 saturated heterocycles. The van der Waals surface area contributed by atoms with Crippen LogP contribution in [-0.4, -0.2) is 35.0 Å². The fourth-order valence-corrected chi connectivity index (χ4v) is 3.18. The molecule has 1 aromatic carbocycles. The lowest BCUT2D eigenvalue weighted by atomic mass is 9.74. The first-order chi connectivity index (χ1) is 11.7. The van der Waals surface area contributed by atoms with Crippen LogP contribution >= 0.6 is 12.2 Å². The number of rotatable bonds is 4. The first kappa shape index (κ1) is 16.7. The highest BCUT2D eigenvalue weighted by Gasteiger charge is 2.34. The summed E-state index contributed by atoms with van der Waals surface area (Å²) >= 11 is 5.36. The maximum Gasteiger partial charge on any atom is 0.174 e. The van der Waals surface area contributed by atoms with E-state index in [4.69, 9.17) is 17.0 Å². The third-order valence-electron chi connectivity index (χ3n) is 4.44. The maximum absolute atomic E-state index is 9.78. The maximum atomic E-state index is 9.78.